The summed E-state index contributed by atoms with van der Waals surface area (Å²) >= 11 is 0. The zero-order valence-corrected chi connectivity index (χ0v) is 17.1. The largest absolute Gasteiger partial charge is 0.491 e. The highest BCUT2D eigenvalue weighted by atomic mass is 35.5. The van der Waals surface area contributed by atoms with E-state index in [1.54, 1.807) is 36.4 Å². The van der Waals surface area contributed by atoms with Crippen LogP contribution in [0.3, 0.4) is 0 Å². The molecule has 2 rings (SSSR count). The summed E-state index contributed by atoms with van der Waals surface area (Å²) in [4.78, 5) is 0. The number of nitrogen functional groups attached to an aromatic ring is 4. The van der Waals surface area contributed by atoms with Crippen molar-refractivity contribution in [2.75, 3.05) is 24.7 Å². The van der Waals surface area contributed by atoms with Crippen LogP contribution in [0.5, 0.6) is 11.5 Å². The molecular weight excluding hydrogens is 392 g/mol. The zero-order valence-electron chi connectivity index (χ0n) is 16.2. The van der Waals surface area contributed by atoms with E-state index in [1.165, 1.54) is 0 Å². The van der Waals surface area contributed by atoms with Crippen LogP contribution >= 0.6 is 12.4 Å². The van der Waals surface area contributed by atoms with Crippen molar-refractivity contribution in [3.05, 3.63) is 47.5 Å². The van der Waals surface area contributed by atoms with Crippen LogP contribution in [-0.2, 0) is 0 Å². The van der Waals surface area contributed by atoms with Gasteiger partial charge in [-0.2, -0.15) is 0 Å². The monoisotopic (exact) mass is 420 g/mol. The summed E-state index contributed by atoms with van der Waals surface area (Å²) in [7, 11) is 0. The first-order valence-corrected chi connectivity index (χ1v) is 9.12. The van der Waals surface area contributed by atoms with Gasteiger partial charge in [-0.15, -0.1) is 12.4 Å². The summed E-state index contributed by atoms with van der Waals surface area (Å²) in [6.45, 7) is 1.15. The lowest BCUT2D eigenvalue weighted by Gasteiger charge is -2.11. The van der Waals surface area contributed by atoms with E-state index in [0.717, 1.165) is 25.7 Å². The Morgan fingerprint density at radius 3 is 1.38 bits per heavy atom. The van der Waals surface area contributed by atoms with Crippen molar-refractivity contribution in [1.29, 1.82) is 10.8 Å². The van der Waals surface area contributed by atoms with E-state index in [4.69, 9.17) is 43.2 Å². The van der Waals surface area contributed by atoms with Gasteiger partial charge in [-0.25, -0.2) is 0 Å². The highest BCUT2D eigenvalue weighted by Crippen LogP contribution is 2.24. The molecule has 0 amide bonds. The fourth-order valence-electron chi connectivity index (χ4n) is 2.62. The lowest BCUT2D eigenvalue weighted by atomic mass is 10.1. The Morgan fingerprint density at radius 1 is 0.690 bits per heavy atom. The molecule has 0 saturated heterocycles. The first kappa shape index (κ1) is 23.9. The van der Waals surface area contributed by atoms with Gasteiger partial charge in [-0.3, -0.25) is 10.8 Å². The molecule has 158 valence electrons. The highest BCUT2D eigenvalue weighted by molar-refractivity contribution is 5.96. The van der Waals surface area contributed by atoms with Crippen LogP contribution < -0.4 is 32.4 Å². The standard InChI is InChI=1S/C20H28N6O2.ClH/c21-15-11-13(19(23)24)5-7-17(15)27-9-3-1-2-4-10-28-18-8-6-14(20(25)26)12-16(18)22;/h5-8,11-12H,1-4,9-10,21-22H2,(H3,23,24)(H3,25,26);1H. The fraction of sp³-hybridized carbons (Fsp3) is 0.300. The summed E-state index contributed by atoms with van der Waals surface area (Å²) < 4.78 is 11.4. The van der Waals surface area contributed by atoms with Crippen LogP contribution in [0.25, 0.3) is 0 Å². The minimum Gasteiger partial charge on any atom is -0.491 e. The molecule has 0 heterocycles. The molecule has 0 fully saturated rings. The van der Waals surface area contributed by atoms with Gasteiger partial charge in [0.15, 0.2) is 0 Å². The Balaban J connectivity index is 0.00000420. The maximum Gasteiger partial charge on any atom is 0.142 e. The molecule has 0 aliphatic rings. The molecule has 0 saturated carbocycles. The van der Waals surface area contributed by atoms with Gasteiger partial charge in [-0.1, -0.05) is 0 Å². The van der Waals surface area contributed by atoms with Crippen molar-refractivity contribution in [2.24, 2.45) is 11.5 Å². The second kappa shape index (κ2) is 11.7. The average Bonchev–Trinajstić information content (AvgIpc) is 2.65. The van der Waals surface area contributed by atoms with E-state index < -0.39 is 0 Å². The molecule has 0 atom stereocenters. The average molecular weight is 421 g/mol. The van der Waals surface area contributed by atoms with E-state index in [2.05, 4.69) is 0 Å². The van der Waals surface area contributed by atoms with Gasteiger partial charge < -0.3 is 32.4 Å². The van der Waals surface area contributed by atoms with Crippen LogP contribution in [0, 0.1) is 10.8 Å². The van der Waals surface area contributed by atoms with Crippen molar-refractivity contribution in [3.63, 3.8) is 0 Å². The maximum absolute atomic E-state index is 7.39. The Kier molecular flexibility index (Phi) is 9.61. The Labute approximate surface area is 177 Å². The molecule has 0 radical (unpaired) electrons. The van der Waals surface area contributed by atoms with E-state index >= 15 is 0 Å². The van der Waals surface area contributed by atoms with Crippen LogP contribution in [0.4, 0.5) is 11.4 Å². The SMILES string of the molecule is Cl.N=C(N)c1ccc(OCCCCCCOc2ccc(C(=N)N)cc2N)c(N)c1. The van der Waals surface area contributed by atoms with E-state index in [9.17, 15) is 0 Å². The summed E-state index contributed by atoms with van der Waals surface area (Å²) in [5, 5.41) is 14.8. The Hall–Kier alpha value is -3.13. The fourth-order valence-corrected chi connectivity index (χ4v) is 2.62. The highest BCUT2D eigenvalue weighted by Gasteiger charge is 2.05. The number of nitrogens with two attached hydrogens (primary N) is 4. The molecule has 0 unspecified atom stereocenters. The van der Waals surface area contributed by atoms with Crippen LogP contribution in [0.2, 0.25) is 0 Å². The van der Waals surface area contributed by atoms with E-state index in [0.29, 0.717) is 47.2 Å². The molecule has 8 nitrogen and oxygen atoms in total. The second-order valence-corrected chi connectivity index (χ2v) is 6.44. The third kappa shape index (κ3) is 7.42. The summed E-state index contributed by atoms with van der Waals surface area (Å²) in [5.74, 6) is 1.18. The number of benzene rings is 2. The number of ether oxygens (including phenoxy) is 2. The number of hydrogen-bond donors (Lipinski definition) is 6. The van der Waals surface area contributed by atoms with E-state index in [1.807, 2.05) is 0 Å². The van der Waals surface area contributed by atoms with Gasteiger partial charge in [0.2, 0.25) is 0 Å². The number of rotatable bonds is 11. The number of nitrogens with one attached hydrogen (secondary N) is 2. The molecule has 2 aromatic carbocycles. The first-order valence-electron chi connectivity index (χ1n) is 9.12. The van der Waals surface area contributed by atoms with Crippen molar-refractivity contribution in [2.45, 2.75) is 25.7 Å². The Morgan fingerprint density at radius 2 is 1.07 bits per heavy atom. The lowest BCUT2D eigenvalue weighted by Crippen LogP contribution is -2.11. The number of anilines is 2. The predicted molar refractivity (Wildman–Crippen MR) is 120 cm³/mol. The molecule has 10 N–H and O–H groups in total. The van der Waals surface area contributed by atoms with Crippen LogP contribution in [-0.4, -0.2) is 24.9 Å². The van der Waals surface area contributed by atoms with Crippen molar-refractivity contribution in [3.8, 4) is 11.5 Å². The van der Waals surface area contributed by atoms with Gasteiger partial charge >= 0.3 is 0 Å². The van der Waals surface area contributed by atoms with Gasteiger partial charge in [0.1, 0.15) is 23.2 Å². The van der Waals surface area contributed by atoms with Crippen LogP contribution in [0.1, 0.15) is 36.8 Å². The third-order valence-corrected chi connectivity index (χ3v) is 4.20. The molecule has 0 bridgehead atoms. The minimum absolute atomic E-state index is 0. The lowest BCUT2D eigenvalue weighted by molar-refractivity contribution is 0.289. The summed E-state index contributed by atoms with van der Waals surface area (Å²) in [6, 6.07) is 10.2. The van der Waals surface area contributed by atoms with Gasteiger partial charge in [0.05, 0.1) is 24.6 Å². The number of amidine groups is 2. The third-order valence-electron chi connectivity index (χ3n) is 4.20. The quantitative estimate of drug-likeness (QED) is 0.141. The predicted octanol–water partition coefficient (Wildman–Crippen LogP) is 2.86. The summed E-state index contributed by atoms with van der Waals surface area (Å²) in [5.41, 5.74) is 24.8. The van der Waals surface area contributed by atoms with Crippen molar-refractivity contribution in [1.82, 2.24) is 0 Å². The normalized spacial score (nSPS) is 10.1. The first-order chi connectivity index (χ1) is 13.4. The summed E-state index contributed by atoms with van der Waals surface area (Å²) in [6.07, 6.45) is 3.83. The molecular formula is C20H29ClN6O2. The second-order valence-electron chi connectivity index (χ2n) is 6.44. The Bertz CT molecular complexity index is 774. The van der Waals surface area contributed by atoms with Crippen molar-refractivity contribution >= 4 is 35.5 Å². The number of unbranched alkanes of at least 4 members (excludes halogenated alkanes) is 3. The number of halogens is 1. The molecule has 0 aliphatic heterocycles. The molecule has 0 aromatic heterocycles. The topological polar surface area (TPSA) is 170 Å². The number of hydrogen-bond acceptors (Lipinski definition) is 6. The van der Waals surface area contributed by atoms with Crippen LogP contribution in [0.15, 0.2) is 36.4 Å². The smallest absolute Gasteiger partial charge is 0.142 e. The molecule has 0 aliphatic carbocycles. The molecule has 29 heavy (non-hydrogen) atoms. The van der Waals surface area contributed by atoms with E-state index in [-0.39, 0.29) is 24.1 Å². The van der Waals surface area contributed by atoms with Crippen molar-refractivity contribution < 1.29 is 9.47 Å². The maximum atomic E-state index is 7.39. The molecule has 2 aromatic rings. The minimum atomic E-state index is -0.0166. The zero-order chi connectivity index (χ0) is 20.5. The van der Waals surface area contributed by atoms with Gasteiger partial charge in [0.25, 0.3) is 0 Å². The van der Waals surface area contributed by atoms with Gasteiger partial charge in [-0.05, 0) is 62.1 Å². The molecule has 0 spiro atoms. The van der Waals surface area contributed by atoms with Gasteiger partial charge in [0, 0.05) is 11.1 Å². The molecule has 9 heteroatoms.